The van der Waals surface area contributed by atoms with E-state index in [1.807, 2.05) is 18.2 Å². The predicted octanol–water partition coefficient (Wildman–Crippen LogP) is 3.01. The van der Waals surface area contributed by atoms with Gasteiger partial charge in [0.15, 0.2) is 0 Å². The molecule has 0 spiro atoms. The third kappa shape index (κ3) is 4.21. The SMILES string of the molecule is CN1CCCCC1CCN1CC[C@@H](Oc2ccccc2)C1. The number of para-hydroxylation sites is 1. The molecular weight excluding hydrogens is 260 g/mol. The largest absolute Gasteiger partial charge is 0.489 e. The number of benzene rings is 1. The molecule has 116 valence electrons. The number of hydrogen-bond donors (Lipinski definition) is 0. The molecule has 0 bridgehead atoms. The highest BCUT2D eigenvalue weighted by atomic mass is 16.5. The molecule has 0 amide bonds. The van der Waals surface area contributed by atoms with Crippen molar-refractivity contribution >= 4 is 0 Å². The van der Waals surface area contributed by atoms with Crippen molar-refractivity contribution in [2.45, 2.75) is 44.2 Å². The van der Waals surface area contributed by atoms with Crippen molar-refractivity contribution in [2.24, 2.45) is 0 Å². The number of nitrogens with zero attached hydrogens (tertiary/aromatic N) is 2. The molecule has 2 saturated heterocycles. The standard InChI is InChI=1S/C18H28N2O/c1-19-12-6-5-7-16(19)10-13-20-14-11-18(15-20)21-17-8-3-2-4-9-17/h2-4,8-9,16,18H,5-7,10-15H2,1H3/t16?,18-/m1/s1. The fourth-order valence-electron chi connectivity index (χ4n) is 3.63. The summed E-state index contributed by atoms with van der Waals surface area (Å²) in [6.45, 7) is 4.79. The third-order valence-electron chi connectivity index (χ3n) is 4.98. The maximum atomic E-state index is 6.07. The van der Waals surface area contributed by atoms with Gasteiger partial charge in [0, 0.05) is 19.1 Å². The number of hydrogen-bond acceptors (Lipinski definition) is 3. The van der Waals surface area contributed by atoms with E-state index < -0.39 is 0 Å². The van der Waals surface area contributed by atoms with E-state index in [1.54, 1.807) is 0 Å². The van der Waals surface area contributed by atoms with Gasteiger partial charge in [0.05, 0.1) is 0 Å². The van der Waals surface area contributed by atoms with Crippen molar-refractivity contribution in [3.63, 3.8) is 0 Å². The van der Waals surface area contributed by atoms with Crippen LogP contribution >= 0.6 is 0 Å². The van der Waals surface area contributed by atoms with Crippen LogP contribution in [0.25, 0.3) is 0 Å². The van der Waals surface area contributed by atoms with Crippen LogP contribution in [-0.2, 0) is 0 Å². The van der Waals surface area contributed by atoms with E-state index in [2.05, 4.69) is 29.0 Å². The molecule has 2 atom stereocenters. The molecule has 2 fully saturated rings. The fourth-order valence-corrected chi connectivity index (χ4v) is 3.63. The Labute approximate surface area is 128 Å². The zero-order chi connectivity index (χ0) is 14.5. The Kier molecular flexibility index (Phi) is 5.15. The van der Waals surface area contributed by atoms with E-state index >= 15 is 0 Å². The van der Waals surface area contributed by atoms with Gasteiger partial charge in [-0.2, -0.15) is 0 Å². The summed E-state index contributed by atoms with van der Waals surface area (Å²) in [5.41, 5.74) is 0. The van der Waals surface area contributed by atoms with Crippen LogP contribution in [0.4, 0.5) is 0 Å². The summed E-state index contributed by atoms with van der Waals surface area (Å²) in [5.74, 6) is 1.01. The molecule has 1 unspecified atom stereocenters. The summed E-state index contributed by atoms with van der Waals surface area (Å²) in [4.78, 5) is 5.13. The topological polar surface area (TPSA) is 15.7 Å². The van der Waals surface area contributed by atoms with E-state index in [1.165, 1.54) is 45.3 Å². The summed E-state index contributed by atoms with van der Waals surface area (Å²) in [6, 6.07) is 11.0. The van der Waals surface area contributed by atoms with Crippen molar-refractivity contribution in [1.29, 1.82) is 0 Å². The summed E-state index contributed by atoms with van der Waals surface area (Å²) < 4.78 is 6.07. The highest BCUT2D eigenvalue weighted by molar-refractivity contribution is 5.21. The Morgan fingerprint density at radius 3 is 2.76 bits per heavy atom. The average molecular weight is 288 g/mol. The first-order chi connectivity index (χ1) is 10.3. The van der Waals surface area contributed by atoms with Gasteiger partial charge >= 0.3 is 0 Å². The van der Waals surface area contributed by atoms with E-state index in [-0.39, 0.29) is 0 Å². The maximum Gasteiger partial charge on any atom is 0.119 e. The Morgan fingerprint density at radius 2 is 1.95 bits per heavy atom. The van der Waals surface area contributed by atoms with Gasteiger partial charge in [-0.1, -0.05) is 24.6 Å². The lowest BCUT2D eigenvalue weighted by atomic mass is 10.00. The molecule has 2 aliphatic heterocycles. The van der Waals surface area contributed by atoms with Gasteiger partial charge in [0.25, 0.3) is 0 Å². The van der Waals surface area contributed by atoms with Crippen LogP contribution in [0.2, 0.25) is 0 Å². The molecule has 2 aliphatic rings. The highest BCUT2D eigenvalue weighted by Crippen LogP contribution is 2.21. The van der Waals surface area contributed by atoms with Crippen LogP contribution in [-0.4, -0.2) is 55.2 Å². The van der Waals surface area contributed by atoms with Crippen LogP contribution in [0.5, 0.6) is 5.75 Å². The summed E-state index contributed by atoms with van der Waals surface area (Å²) in [6.07, 6.45) is 7.02. The molecule has 0 saturated carbocycles. The predicted molar refractivity (Wildman–Crippen MR) is 86.8 cm³/mol. The van der Waals surface area contributed by atoms with Gasteiger partial charge in [-0.05, 0) is 58.0 Å². The molecular formula is C18H28N2O. The maximum absolute atomic E-state index is 6.07. The second kappa shape index (κ2) is 7.28. The minimum absolute atomic E-state index is 0.372. The molecule has 0 N–H and O–H groups in total. The number of piperidine rings is 1. The van der Waals surface area contributed by atoms with Crippen molar-refractivity contribution in [2.75, 3.05) is 33.2 Å². The zero-order valence-corrected chi connectivity index (χ0v) is 13.2. The van der Waals surface area contributed by atoms with E-state index in [9.17, 15) is 0 Å². The lowest BCUT2D eigenvalue weighted by molar-refractivity contribution is 0.153. The Hall–Kier alpha value is -1.06. The van der Waals surface area contributed by atoms with Crippen molar-refractivity contribution in [3.05, 3.63) is 30.3 Å². The normalized spacial score (nSPS) is 27.9. The smallest absolute Gasteiger partial charge is 0.119 e. The Balaban J connectivity index is 1.40. The van der Waals surface area contributed by atoms with Crippen molar-refractivity contribution < 1.29 is 4.74 Å². The molecule has 3 heteroatoms. The van der Waals surface area contributed by atoms with Crippen LogP contribution in [0.3, 0.4) is 0 Å². The van der Waals surface area contributed by atoms with Crippen LogP contribution in [0, 0.1) is 0 Å². The average Bonchev–Trinajstić information content (AvgIpc) is 2.95. The van der Waals surface area contributed by atoms with Gasteiger partial charge in [-0.3, -0.25) is 4.90 Å². The molecule has 3 nitrogen and oxygen atoms in total. The van der Waals surface area contributed by atoms with Crippen LogP contribution < -0.4 is 4.74 Å². The number of rotatable bonds is 5. The lowest BCUT2D eigenvalue weighted by Gasteiger charge is -2.33. The number of likely N-dealkylation sites (tertiary alicyclic amines) is 2. The summed E-state index contributed by atoms with van der Waals surface area (Å²) in [5, 5.41) is 0. The zero-order valence-electron chi connectivity index (χ0n) is 13.2. The Morgan fingerprint density at radius 1 is 1.10 bits per heavy atom. The minimum Gasteiger partial charge on any atom is -0.489 e. The van der Waals surface area contributed by atoms with Gasteiger partial charge < -0.3 is 9.64 Å². The Bertz CT molecular complexity index is 422. The van der Waals surface area contributed by atoms with Crippen LogP contribution in [0.1, 0.15) is 32.1 Å². The molecule has 2 heterocycles. The quantitative estimate of drug-likeness (QED) is 0.828. The van der Waals surface area contributed by atoms with Gasteiger partial charge in [-0.15, -0.1) is 0 Å². The van der Waals surface area contributed by atoms with Gasteiger partial charge in [0.1, 0.15) is 11.9 Å². The first-order valence-electron chi connectivity index (χ1n) is 8.45. The van der Waals surface area contributed by atoms with Crippen molar-refractivity contribution in [1.82, 2.24) is 9.80 Å². The van der Waals surface area contributed by atoms with E-state index in [4.69, 9.17) is 4.74 Å². The second-order valence-corrected chi connectivity index (χ2v) is 6.56. The molecule has 0 aromatic heterocycles. The monoisotopic (exact) mass is 288 g/mol. The lowest BCUT2D eigenvalue weighted by Crippen LogP contribution is -2.39. The fraction of sp³-hybridized carbons (Fsp3) is 0.667. The highest BCUT2D eigenvalue weighted by Gasteiger charge is 2.25. The molecule has 0 aliphatic carbocycles. The molecule has 1 aromatic rings. The van der Waals surface area contributed by atoms with Crippen molar-refractivity contribution in [3.8, 4) is 5.75 Å². The molecule has 3 rings (SSSR count). The summed E-state index contributed by atoms with van der Waals surface area (Å²) >= 11 is 0. The minimum atomic E-state index is 0.372. The molecule has 21 heavy (non-hydrogen) atoms. The third-order valence-corrected chi connectivity index (χ3v) is 4.98. The van der Waals surface area contributed by atoms with E-state index in [0.29, 0.717) is 6.10 Å². The molecule has 1 aromatic carbocycles. The number of ether oxygens (including phenoxy) is 1. The first-order valence-corrected chi connectivity index (χ1v) is 8.45. The second-order valence-electron chi connectivity index (χ2n) is 6.56. The van der Waals surface area contributed by atoms with Gasteiger partial charge in [-0.25, -0.2) is 0 Å². The van der Waals surface area contributed by atoms with Crippen LogP contribution in [0.15, 0.2) is 30.3 Å². The summed E-state index contributed by atoms with van der Waals surface area (Å²) in [7, 11) is 2.29. The van der Waals surface area contributed by atoms with Gasteiger partial charge in [0.2, 0.25) is 0 Å². The molecule has 0 radical (unpaired) electrons. The first kappa shape index (κ1) is 14.9. The van der Waals surface area contributed by atoms with E-state index in [0.717, 1.165) is 24.8 Å².